The second-order valence-electron chi connectivity index (χ2n) is 7.27. The number of aliphatic imine (C=N–C) groups is 1. The van der Waals surface area contributed by atoms with Crippen molar-refractivity contribution in [3.63, 3.8) is 0 Å². The Labute approximate surface area is 163 Å². The van der Waals surface area contributed by atoms with Gasteiger partial charge < -0.3 is 21.3 Å². The highest BCUT2D eigenvalue weighted by molar-refractivity contribution is 5.94. The number of rotatable bonds is 9. The first-order chi connectivity index (χ1) is 13.0. The summed E-state index contributed by atoms with van der Waals surface area (Å²) in [7, 11) is 3.96. The first-order valence-corrected chi connectivity index (χ1v) is 9.79. The summed E-state index contributed by atoms with van der Waals surface area (Å²) >= 11 is 0. The molecule has 0 radical (unpaired) electrons. The van der Waals surface area contributed by atoms with E-state index in [-0.39, 0.29) is 5.91 Å². The molecule has 1 unspecified atom stereocenters. The molecule has 1 aliphatic rings. The number of nitrogens with zero attached hydrogens (tertiary/aromatic N) is 3. The fourth-order valence-electron chi connectivity index (χ4n) is 3.30. The molecule has 1 aliphatic heterocycles. The molecule has 1 amide bonds. The average molecular weight is 375 g/mol. The number of benzene rings is 1. The van der Waals surface area contributed by atoms with Crippen molar-refractivity contribution in [3.05, 3.63) is 35.4 Å². The maximum Gasteiger partial charge on any atom is 0.251 e. The van der Waals surface area contributed by atoms with Crippen molar-refractivity contribution in [1.82, 2.24) is 20.4 Å². The van der Waals surface area contributed by atoms with Crippen molar-refractivity contribution in [2.45, 2.75) is 32.4 Å². The Hall–Kier alpha value is -2.12. The highest BCUT2D eigenvalue weighted by Crippen LogP contribution is 2.15. The SMILES string of the molecule is CCN1CCCC1CNC(N)=NCc1cccc(C(=O)NCCN(C)C)c1. The summed E-state index contributed by atoms with van der Waals surface area (Å²) in [4.78, 5) is 21.1. The van der Waals surface area contributed by atoms with E-state index >= 15 is 0 Å². The Morgan fingerprint density at radius 2 is 2.19 bits per heavy atom. The Morgan fingerprint density at radius 3 is 2.93 bits per heavy atom. The molecule has 1 aromatic rings. The molecule has 0 aromatic heterocycles. The predicted octanol–water partition coefficient (Wildman–Crippen LogP) is 0.867. The molecule has 0 bridgehead atoms. The van der Waals surface area contributed by atoms with Crippen molar-refractivity contribution in [2.75, 3.05) is 46.8 Å². The third-order valence-corrected chi connectivity index (χ3v) is 4.89. The van der Waals surface area contributed by atoms with Gasteiger partial charge in [0.1, 0.15) is 0 Å². The van der Waals surface area contributed by atoms with Crippen LogP contribution >= 0.6 is 0 Å². The van der Waals surface area contributed by atoms with Crippen molar-refractivity contribution >= 4 is 11.9 Å². The molecule has 1 atom stereocenters. The van der Waals surface area contributed by atoms with E-state index in [1.54, 1.807) is 0 Å². The van der Waals surface area contributed by atoms with E-state index in [0.717, 1.165) is 25.2 Å². The highest BCUT2D eigenvalue weighted by Gasteiger charge is 2.22. The smallest absolute Gasteiger partial charge is 0.251 e. The molecule has 1 aromatic carbocycles. The van der Waals surface area contributed by atoms with Crippen LogP contribution in [0.5, 0.6) is 0 Å². The van der Waals surface area contributed by atoms with Gasteiger partial charge in [-0.2, -0.15) is 0 Å². The largest absolute Gasteiger partial charge is 0.370 e. The lowest BCUT2D eigenvalue weighted by atomic mass is 10.1. The predicted molar refractivity (Wildman–Crippen MR) is 111 cm³/mol. The van der Waals surface area contributed by atoms with E-state index in [4.69, 9.17) is 5.73 Å². The highest BCUT2D eigenvalue weighted by atomic mass is 16.1. The zero-order chi connectivity index (χ0) is 19.6. The summed E-state index contributed by atoms with van der Waals surface area (Å²) in [5, 5.41) is 6.16. The molecule has 0 aliphatic carbocycles. The number of carbonyl (C=O) groups is 1. The summed E-state index contributed by atoms with van der Waals surface area (Å²) in [5.41, 5.74) is 7.63. The topological polar surface area (TPSA) is 86.0 Å². The molecule has 2 rings (SSSR count). The van der Waals surface area contributed by atoms with Crippen LogP contribution in [0, 0.1) is 0 Å². The van der Waals surface area contributed by atoms with Gasteiger partial charge in [-0.3, -0.25) is 9.69 Å². The fourth-order valence-corrected chi connectivity index (χ4v) is 3.30. The zero-order valence-electron chi connectivity index (χ0n) is 16.9. The van der Waals surface area contributed by atoms with Crippen LogP contribution in [0.15, 0.2) is 29.3 Å². The van der Waals surface area contributed by atoms with Gasteiger partial charge in [-0.1, -0.05) is 19.1 Å². The third-order valence-electron chi connectivity index (χ3n) is 4.89. The Morgan fingerprint density at radius 1 is 1.37 bits per heavy atom. The Balaban J connectivity index is 1.82. The summed E-state index contributed by atoms with van der Waals surface area (Å²) in [6, 6.07) is 8.07. The fraction of sp³-hybridized carbons (Fsp3) is 0.600. The number of nitrogens with two attached hydrogens (primary N) is 1. The van der Waals surface area contributed by atoms with Gasteiger partial charge in [-0.15, -0.1) is 0 Å². The number of carbonyl (C=O) groups excluding carboxylic acids is 1. The van der Waals surface area contributed by atoms with E-state index in [0.29, 0.717) is 30.7 Å². The Kier molecular flexibility index (Phi) is 8.54. The molecule has 0 spiro atoms. The van der Waals surface area contributed by atoms with E-state index in [1.807, 2.05) is 43.3 Å². The van der Waals surface area contributed by atoms with Crippen molar-refractivity contribution in [2.24, 2.45) is 10.7 Å². The van der Waals surface area contributed by atoms with Gasteiger partial charge in [-0.25, -0.2) is 4.99 Å². The molecule has 1 heterocycles. The standard InChI is InChI=1S/C20H34N6O/c1-4-26-11-6-9-18(26)15-24-20(21)23-14-16-7-5-8-17(13-16)19(27)22-10-12-25(2)3/h5,7-8,13,18H,4,6,9-12,14-15H2,1-3H3,(H,22,27)(H3,21,23,24). The maximum atomic E-state index is 12.2. The van der Waals surface area contributed by atoms with Crippen LogP contribution in [0.4, 0.5) is 0 Å². The molecule has 27 heavy (non-hydrogen) atoms. The molecule has 7 nitrogen and oxygen atoms in total. The normalized spacial score (nSPS) is 18.1. The summed E-state index contributed by atoms with van der Waals surface area (Å²) in [6.07, 6.45) is 2.46. The van der Waals surface area contributed by atoms with E-state index < -0.39 is 0 Å². The second-order valence-corrected chi connectivity index (χ2v) is 7.27. The Bertz CT molecular complexity index is 631. The van der Waals surface area contributed by atoms with Crippen LogP contribution in [-0.4, -0.2) is 74.5 Å². The summed E-state index contributed by atoms with van der Waals surface area (Å²) in [5.74, 6) is 0.397. The minimum absolute atomic E-state index is 0.0605. The van der Waals surface area contributed by atoms with Crippen LogP contribution in [0.1, 0.15) is 35.7 Å². The molecule has 0 saturated carbocycles. The number of hydrogen-bond donors (Lipinski definition) is 3. The molecule has 1 saturated heterocycles. The second kappa shape index (κ2) is 10.9. The van der Waals surface area contributed by atoms with Crippen LogP contribution in [0.25, 0.3) is 0 Å². The third kappa shape index (κ3) is 7.19. The number of likely N-dealkylation sites (N-methyl/N-ethyl adjacent to an activating group) is 2. The van der Waals surface area contributed by atoms with Gasteiger partial charge in [0, 0.05) is 31.2 Å². The zero-order valence-corrected chi connectivity index (χ0v) is 16.9. The molecule has 4 N–H and O–H groups in total. The molecule has 7 heteroatoms. The van der Waals surface area contributed by atoms with E-state index in [2.05, 4.69) is 27.4 Å². The van der Waals surface area contributed by atoms with Gasteiger partial charge in [0.2, 0.25) is 0 Å². The number of nitrogens with one attached hydrogen (secondary N) is 2. The quantitative estimate of drug-likeness (QED) is 0.441. The van der Waals surface area contributed by atoms with Crippen LogP contribution in [0.3, 0.4) is 0 Å². The van der Waals surface area contributed by atoms with Gasteiger partial charge in [0.25, 0.3) is 5.91 Å². The maximum absolute atomic E-state index is 12.2. The minimum Gasteiger partial charge on any atom is -0.370 e. The monoisotopic (exact) mass is 374 g/mol. The van der Waals surface area contributed by atoms with Crippen LogP contribution in [0.2, 0.25) is 0 Å². The average Bonchev–Trinajstić information content (AvgIpc) is 3.12. The molecular weight excluding hydrogens is 340 g/mol. The summed E-state index contributed by atoms with van der Waals surface area (Å²) < 4.78 is 0. The lowest BCUT2D eigenvalue weighted by molar-refractivity contribution is 0.0951. The van der Waals surface area contributed by atoms with Crippen molar-refractivity contribution < 1.29 is 4.79 Å². The molecular formula is C20H34N6O. The first-order valence-electron chi connectivity index (χ1n) is 9.79. The number of likely N-dealkylation sites (tertiary alicyclic amines) is 1. The van der Waals surface area contributed by atoms with Crippen molar-refractivity contribution in [1.29, 1.82) is 0 Å². The lowest BCUT2D eigenvalue weighted by Crippen LogP contribution is -2.42. The number of hydrogen-bond acceptors (Lipinski definition) is 4. The lowest BCUT2D eigenvalue weighted by Gasteiger charge is -2.23. The van der Waals surface area contributed by atoms with Gasteiger partial charge in [0.15, 0.2) is 5.96 Å². The first kappa shape index (κ1) is 21.2. The molecule has 150 valence electrons. The van der Waals surface area contributed by atoms with Crippen LogP contribution in [-0.2, 0) is 6.54 Å². The van der Waals surface area contributed by atoms with Crippen LogP contribution < -0.4 is 16.4 Å². The van der Waals surface area contributed by atoms with Crippen molar-refractivity contribution in [3.8, 4) is 0 Å². The number of guanidine groups is 1. The minimum atomic E-state index is -0.0605. The van der Waals surface area contributed by atoms with Gasteiger partial charge >= 0.3 is 0 Å². The van der Waals surface area contributed by atoms with Gasteiger partial charge in [-0.05, 0) is 57.7 Å². The number of amides is 1. The van der Waals surface area contributed by atoms with Gasteiger partial charge in [0.05, 0.1) is 6.54 Å². The van der Waals surface area contributed by atoms with E-state index in [1.165, 1.54) is 19.4 Å². The molecule has 1 fully saturated rings. The summed E-state index contributed by atoms with van der Waals surface area (Å²) in [6.45, 7) is 7.17. The van der Waals surface area contributed by atoms with E-state index in [9.17, 15) is 4.79 Å².